The normalized spacial score (nSPS) is 17.3. The first kappa shape index (κ1) is 22.4. The maximum Gasteiger partial charge on any atom is 0.326 e. The van der Waals surface area contributed by atoms with Crippen molar-refractivity contribution in [3.8, 4) is 0 Å². The molecule has 2 aromatic carbocycles. The molecule has 0 fully saturated rings. The molecule has 1 aliphatic rings. The Balaban J connectivity index is 2.13. The summed E-state index contributed by atoms with van der Waals surface area (Å²) >= 11 is 0.766. The lowest BCUT2D eigenvalue weighted by Crippen LogP contribution is -2.45. The minimum Gasteiger partial charge on any atom is -0.506 e. The predicted octanol–water partition coefficient (Wildman–Crippen LogP) is 4.26. The summed E-state index contributed by atoms with van der Waals surface area (Å²) in [5.74, 6) is -2.38. The van der Waals surface area contributed by atoms with Gasteiger partial charge >= 0.3 is 5.97 Å². The number of thioether (sulfide) groups is 1. The maximum absolute atomic E-state index is 13.3. The lowest BCUT2D eigenvalue weighted by molar-refractivity contribution is -0.142. The first-order valence-electron chi connectivity index (χ1n) is 9.89. The van der Waals surface area contributed by atoms with Gasteiger partial charge < -0.3 is 15.5 Å². The van der Waals surface area contributed by atoms with Crippen molar-refractivity contribution in [3.63, 3.8) is 0 Å². The Morgan fingerprint density at radius 3 is 2.16 bits per heavy atom. The highest BCUT2D eigenvalue weighted by Gasteiger charge is 2.35. The van der Waals surface area contributed by atoms with Crippen molar-refractivity contribution >= 4 is 39.9 Å². The summed E-state index contributed by atoms with van der Waals surface area (Å²) < 4.78 is 0. The fourth-order valence-electron chi connectivity index (χ4n) is 3.30. The summed E-state index contributed by atoms with van der Waals surface area (Å²) in [4.78, 5) is 37.8. The first-order chi connectivity index (χ1) is 14.8. The van der Waals surface area contributed by atoms with Crippen LogP contribution in [-0.2, 0) is 14.4 Å². The van der Waals surface area contributed by atoms with Crippen molar-refractivity contribution in [2.75, 3.05) is 0 Å². The Bertz CT molecular complexity index is 1060. The number of carbonyl (C=O) groups excluding carboxylic acids is 2. The van der Waals surface area contributed by atoms with E-state index in [1.807, 2.05) is 6.92 Å². The zero-order chi connectivity index (χ0) is 22.5. The van der Waals surface area contributed by atoms with E-state index in [2.05, 4.69) is 5.32 Å². The van der Waals surface area contributed by atoms with Crippen molar-refractivity contribution in [2.45, 2.75) is 26.3 Å². The number of amides is 1. The Morgan fingerprint density at radius 2 is 1.61 bits per heavy atom. The van der Waals surface area contributed by atoms with E-state index in [0.29, 0.717) is 17.5 Å². The molecule has 0 saturated carbocycles. The van der Waals surface area contributed by atoms with Gasteiger partial charge in [0, 0.05) is 0 Å². The SMILES string of the molecule is CCC(C)C(NC(=O)/C(=C1/SC(=O)C(c2ccccc2)=C1O)c1ccccc1)C(=O)O. The van der Waals surface area contributed by atoms with E-state index in [-0.39, 0.29) is 32.8 Å². The van der Waals surface area contributed by atoms with Crippen LogP contribution < -0.4 is 5.32 Å². The van der Waals surface area contributed by atoms with E-state index in [9.17, 15) is 24.6 Å². The number of rotatable bonds is 7. The molecule has 0 aromatic heterocycles. The van der Waals surface area contributed by atoms with Gasteiger partial charge in [-0.15, -0.1) is 0 Å². The second kappa shape index (κ2) is 9.66. The number of nitrogens with one attached hydrogen (secondary N) is 1. The molecular formula is C24H23NO5S. The number of aliphatic hydroxyl groups excluding tert-OH is 1. The van der Waals surface area contributed by atoms with Crippen LogP contribution in [0.5, 0.6) is 0 Å². The van der Waals surface area contributed by atoms with Crippen LogP contribution in [-0.4, -0.2) is 33.2 Å². The molecule has 1 aliphatic heterocycles. The number of carboxylic acid groups (broad SMARTS) is 1. The molecular weight excluding hydrogens is 414 g/mol. The number of benzene rings is 2. The fourth-order valence-corrected chi connectivity index (χ4v) is 4.31. The summed E-state index contributed by atoms with van der Waals surface area (Å²) in [5.41, 5.74) is 1.21. The molecule has 3 rings (SSSR count). The third-order valence-electron chi connectivity index (χ3n) is 5.20. The summed E-state index contributed by atoms with van der Waals surface area (Å²) in [6, 6.07) is 16.2. The molecule has 1 heterocycles. The van der Waals surface area contributed by atoms with Crippen molar-refractivity contribution in [1.29, 1.82) is 0 Å². The number of aliphatic hydroxyl groups is 1. The van der Waals surface area contributed by atoms with Crippen LogP contribution in [0.1, 0.15) is 31.4 Å². The van der Waals surface area contributed by atoms with Gasteiger partial charge in [-0.05, 0) is 28.8 Å². The summed E-state index contributed by atoms with van der Waals surface area (Å²) in [5, 5.41) is 22.7. The van der Waals surface area contributed by atoms with Crippen molar-refractivity contribution in [1.82, 2.24) is 5.32 Å². The quantitative estimate of drug-likeness (QED) is 0.560. The molecule has 2 atom stereocenters. The molecule has 1 amide bonds. The molecule has 0 spiro atoms. The van der Waals surface area contributed by atoms with Crippen LogP contribution in [0.25, 0.3) is 11.1 Å². The highest BCUT2D eigenvalue weighted by atomic mass is 32.2. The predicted molar refractivity (Wildman–Crippen MR) is 121 cm³/mol. The molecule has 0 bridgehead atoms. The van der Waals surface area contributed by atoms with Crippen molar-refractivity contribution in [3.05, 3.63) is 82.5 Å². The van der Waals surface area contributed by atoms with Crippen molar-refractivity contribution in [2.24, 2.45) is 5.92 Å². The zero-order valence-corrected chi connectivity index (χ0v) is 18.0. The van der Waals surface area contributed by atoms with Gasteiger partial charge in [0.25, 0.3) is 5.91 Å². The van der Waals surface area contributed by atoms with Crippen LogP contribution >= 0.6 is 11.8 Å². The first-order valence-corrected chi connectivity index (χ1v) is 10.7. The number of hydrogen-bond donors (Lipinski definition) is 3. The Morgan fingerprint density at radius 1 is 1.03 bits per heavy atom. The Kier molecular flexibility index (Phi) is 6.97. The number of carbonyl (C=O) groups is 3. The highest BCUT2D eigenvalue weighted by molar-refractivity contribution is 8.19. The summed E-state index contributed by atoms with van der Waals surface area (Å²) in [6.07, 6.45) is 0.561. The van der Waals surface area contributed by atoms with Gasteiger partial charge in [-0.25, -0.2) is 4.79 Å². The van der Waals surface area contributed by atoms with E-state index in [1.165, 1.54) is 0 Å². The third kappa shape index (κ3) is 4.72. The number of aliphatic carboxylic acids is 1. The van der Waals surface area contributed by atoms with E-state index in [1.54, 1.807) is 67.6 Å². The molecule has 160 valence electrons. The van der Waals surface area contributed by atoms with Gasteiger partial charge in [0.05, 0.1) is 16.1 Å². The van der Waals surface area contributed by atoms with Gasteiger partial charge in [-0.2, -0.15) is 0 Å². The molecule has 31 heavy (non-hydrogen) atoms. The molecule has 0 saturated heterocycles. The average Bonchev–Trinajstić information content (AvgIpc) is 3.06. The zero-order valence-electron chi connectivity index (χ0n) is 17.2. The van der Waals surface area contributed by atoms with E-state index in [4.69, 9.17) is 0 Å². The van der Waals surface area contributed by atoms with Gasteiger partial charge in [0.15, 0.2) is 0 Å². The number of hydrogen-bond acceptors (Lipinski definition) is 5. The molecule has 3 N–H and O–H groups in total. The lowest BCUT2D eigenvalue weighted by Gasteiger charge is -2.21. The molecule has 7 heteroatoms. The molecule has 6 nitrogen and oxygen atoms in total. The minimum absolute atomic E-state index is 0.0666. The topological polar surface area (TPSA) is 104 Å². The standard InChI is InChI=1S/C24H23NO5S/c1-3-14(2)19(23(28)29)25-22(27)18(16-12-8-5-9-13-16)21-20(26)17(24(30)31-21)15-10-6-4-7-11-15/h4-14,19,26H,3H2,1-2H3,(H,25,27)(H,28,29)/b21-18+. The maximum atomic E-state index is 13.3. The Labute approximate surface area is 184 Å². The summed E-state index contributed by atoms with van der Waals surface area (Å²) in [7, 11) is 0. The smallest absolute Gasteiger partial charge is 0.326 e. The average molecular weight is 438 g/mol. The fraction of sp³-hybridized carbons (Fsp3) is 0.208. The van der Waals surface area contributed by atoms with Crippen LogP contribution in [0.4, 0.5) is 0 Å². The van der Waals surface area contributed by atoms with Crippen LogP contribution in [0.2, 0.25) is 0 Å². The van der Waals surface area contributed by atoms with Gasteiger partial charge in [-0.1, -0.05) is 80.9 Å². The number of carboxylic acids is 1. The van der Waals surface area contributed by atoms with Gasteiger partial charge in [0.2, 0.25) is 5.12 Å². The monoisotopic (exact) mass is 437 g/mol. The van der Waals surface area contributed by atoms with Crippen molar-refractivity contribution < 1.29 is 24.6 Å². The second-order valence-electron chi connectivity index (χ2n) is 7.22. The second-order valence-corrected chi connectivity index (χ2v) is 8.21. The van der Waals surface area contributed by atoms with E-state index < -0.39 is 17.9 Å². The minimum atomic E-state index is -1.14. The van der Waals surface area contributed by atoms with Crippen LogP contribution in [0, 0.1) is 5.92 Å². The van der Waals surface area contributed by atoms with Crippen LogP contribution in [0.15, 0.2) is 71.3 Å². The molecule has 2 aromatic rings. The van der Waals surface area contributed by atoms with Crippen LogP contribution in [0.3, 0.4) is 0 Å². The molecule has 0 radical (unpaired) electrons. The lowest BCUT2D eigenvalue weighted by atomic mass is 9.97. The molecule has 0 aliphatic carbocycles. The van der Waals surface area contributed by atoms with E-state index >= 15 is 0 Å². The molecule has 2 unspecified atom stereocenters. The summed E-state index contributed by atoms with van der Waals surface area (Å²) in [6.45, 7) is 3.59. The van der Waals surface area contributed by atoms with Gasteiger partial charge in [-0.3, -0.25) is 9.59 Å². The Hall–Kier alpha value is -3.32. The third-order valence-corrected chi connectivity index (χ3v) is 6.19. The largest absolute Gasteiger partial charge is 0.506 e. The highest BCUT2D eigenvalue weighted by Crippen LogP contribution is 2.44. The van der Waals surface area contributed by atoms with Gasteiger partial charge in [0.1, 0.15) is 11.8 Å². The van der Waals surface area contributed by atoms with E-state index in [0.717, 1.165) is 11.8 Å².